The zero-order valence-electron chi connectivity index (χ0n) is 10.9. The second-order valence-electron chi connectivity index (χ2n) is 4.29. The number of Topliss-reactive ketones (excluding diaryl/α,β-unsaturated/α-hetero) is 1. The number of aromatic amines is 1. The number of nitrogens with zero attached hydrogens (tertiary/aromatic N) is 3. The van der Waals surface area contributed by atoms with Crippen molar-refractivity contribution in [2.24, 2.45) is 7.05 Å². The van der Waals surface area contributed by atoms with Crippen molar-refractivity contribution in [2.75, 3.05) is 5.75 Å². The molecule has 1 N–H and O–H groups in total. The summed E-state index contributed by atoms with van der Waals surface area (Å²) >= 11 is 1.41. The monoisotopic (exact) mass is 264 g/mol. The number of aryl methyl sites for hydroxylation is 3. The highest BCUT2D eigenvalue weighted by Crippen LogP contribution is 2.18. The molecular formula is C12H16N4OS. The Morgan fingerprint density at radius 3 is 2.61 bits per heavy atom. The highest BCUT2D eigenvalue weighted by molar-refractivity contribution is 7.99. The van der Waals surface area contributed by atoms with Gasteiger partial charge >= 0.3 is 0 Å². The van der Waals surface area contributed by atoms with Crippen LogP contribution in [-0.2, 0) is 7.05 Å². The molecule has 2 aromatic heterocycles. The van der Waals surface area contributed by atoms with E-state index in [4.69, 9.17) is 0 Å². The largest absolute Gasteiger partial charge is 0.362 e. The molecule has 96 valence electrons. The summed E-state index contributed by atoms with van der Waals surface area (Å²) in [5, 5.41) is 8.76. The lowest BCUT2D eigenvalue weighted by atomic mass is 10.2. The number of rotatable bonds is 4. The Bertz CT molecular complexity index is 585. The highest BCUT2D eigenvalue weighted by atomic mass is 32.2. The van der Waals surface area contributed by atoms with Gasteiger partial charge in [0.2, 0.25) is 0 Å². The van der Waals surface area contributed by atoms with Crippen molar-refractivity contribution in [3.8, 4) is 0 Å². The van der Waals surface area contributed by atoms with Gasteiger partial charge in [0.15, 0.2) is 10.9 Å². The molecule has 2 aromatic rings. The maximum Gasteiger partial charge on any atom is 0.191 e. The Morgan fingerprint density at radius 1 is 1.39 bits per heavy atom. The van der Waals surface area contributed by atoms with Gasteiger partial charge in [0.1, 0.15) is 5.82 Å². The summed E-state index contributed by atoms with van der Waals surface area (Å²) in [6.45, 7) is 5.75. The average molecular weight is 264 g/mol. The van der Waals surface area contributed by atoms with Crippen LogP contribution < -0.4 is 0 Å². The number of nitrogens with one attached hydrogen (secondary N) is 1. The fourth-order valence-electron chi connectivity index (χ4n) is 1.73. The molecule has 0 radical (unpaired) electrons. The van der Waals surface area contributed by atoms with Gasteiger partial charge in [-0.1, -0.05) is 11.8 Å². The third kappa shape index (κ3) is 2.48. The van der Waals surface area contributed by atoms with Gasteiger partial charge in [-0.25, -0.2) is 0 Å². The topological polar surface area (TPSA) is 63.6 Å². The molecule has 0 spiro atoms. The fourth-order valence-corrected chi connectivity index (χ4v) is 2.57. The summed E-state index contributed by atoms with van der Waals surface area (Å²) in [5.74, 6) is 1.34. The molecule has 0 aliphatic carbocycles. The van der Waals surface area contributed by atoms with Gasteiger partial charge in [-0.2, -0.15) is 0 Å². The summed E-state index contributed by atoms with van der Waals surface area (Å²) in [4.78, 5) is 15.2. The first-order chi connectivity index (χ1) is 8.49. The van der Waals surface area contributed by atoms with Crippen molar-refractivity contribution < 1.29 is 4.79 Å². The summed E-state index contributed by atoms with van der Waals surface area (Å²) in [5.41, 5.74) is 2.70. The first-order valence-corrected chi connectivity index (χ1v) is 6.66. The van der Waals surface area contributed by atoms with Gasteiger partial charge in [0.25, 0.3) is 0 Å². The number of carbonyl (C=O) groups excluding carboxylic acids is 1. The van der Waals surface area contributed by atoms with Crippen LogP contribution in [-0.4, -0.2) is 31.3 Å². The van der Waals surface area contributed by atoms with E-state index < -0.39 is 0 Å². The number of carbonyl (C=O) groups is 1. The van der Waals surface area contributed by atoms with Crippen LogP contribution in [0.4, 0.5) is 0 Å². The molecular weight excluding hydrogens is 248 g/mol. The number of hydrogen-bond donors (Lipinski definition) is 1. The SMILES string of the molecule is Cc1cc(C(=O)CSc2nnc(C)n2C)c(C)[nH]1. The minimum absolute atomic E-state index is 0.113. The van der Waals surface area contributed by atoms with E-state index in [9.17, 15) is 4.79 Å². The number of thioether (sulfide) groups is 1. The van der Waals surface area contributed by atoms with Crippen LogP contribution in [0.2, 0.25) is 0 Å². The molecule has 0 saturated carbocycles. The maximum atomic E-state index is 12.1. The second kappa shape index (κ2) is 4.97. The predicted molar refractivity (Wildman–Crippen MR) is 71.1 cm³/mol. The van der Waals surface area contributed by atoms with Crippen molar-refractivity contribution in [3.05, 3.63) is 28.8 Å². The smallest absolute Gasteiger partial charge is 0.191 e. The van der Waals surface area contributed by atoms with E-state index in [1.54, 1.807) is 0 Å². The minimum Gasteiger partial charge on any atom is -0.362 e. The first-order valence-electron chi connectivity index (χ1n) is 5.67. The van der Waals surface area contributed by atoms with Crippen LogP contribution in [0, 0.1) is 20.8 Å². The quantitative estimate of drug-likeness (QED) is 0.678. The lowest BCUT2D eigenvalue weighted by molar-refractivity contribution is 0.102. The number of hydrogen-bond acceptors (Lipinski definition) is 4. The van der Waals surface area contributed by atoms with Crippen LogP contribution in [0.5, 0.6) is 0 Å². The van der Waals surface area contributed by atoms with Gasteiger partial charge in [-0.05, 0) is 26.8 Å². The van der Waals surface area contributed by atoms with Crippen molar-refractivity contribution in [1.82, 2.24) is 19.7 Å². The Balaban J connectivity index is 2.05. The fraction of sp³-hybridized carbons (Fsp3) is 0.417. The van der Waals surface area contributed by atoms with Gasteiger partial charge in [-0.3, -0.25) is 4.79 Å². The van der Waals surface area contributed by atoms with Crippen LogP contribution in [0.25, 0.3) is 0 Å². The summed E-state index contributed by atoms with van der Waals surface area (Å²) in [6, 6.07) is 1.89. The molecule has 0 saturated heterocycles. The Labute approximate surface area is 110 Å². The predicted octanol–water partition coefficient (Wildman–Crippen LogP) is 2.04. The number of ketones is 1. The first kappa shape index (κ1) is 12.9. The molecule has 6 heteroatoms. The minimum atomic E-state index is 0.113. The average Bonchev–Trinajstić information content (AvgIpc) is 2.81. The van der Waals surface area contributed by atoms with E-state index in [1.807, 2.05) is 38.5 Å². The normalized spacial score (nSPS) is 10.9. The zero-order valence-corrected chi connectivity index (χ0v) is 11.8. The van der Waals surface area contributed by atoms with Gasteiger partial charge < -0.3 is 9.55 Å². The van der Waals surface area contributed by atoms with Crippen LogP contribution in [0.3, 0.4) is 0 Å². The Morgan fingerprint density at radius 2 is 2.11 bits per heavy atom. The molecule has 0 aliphatic rings. The third-order valence-electron chi connectivity index (χ3n) is 2.83. The molecule has 2 rings (SSSR count). The van der Waals surface area contributed by atoms with Gasteiger partial charge in [0, 0.05) is 24.0 Å². The molecule has 0 bridgehead atoms. The van der Waals surface area contributed by atoms with Crippen LogP contribution in [0.1, 0.15) is 27.6 Å². The molecule has 18 heavy (non-hydrogen) atoms. The molecule has 0 aromatic carbocycles. The maximum absolute atomic E-state index is 12.1. The van der Waals surface area contributed by atoms with Crippen molar-refractivity contribution >= 4 is 17.5 Å². The van der Waals surface area contributed by atoms with E-state index in [2.05, 4.69) is 15.2 Å². The third-order valence-corrected chi connectivity index (χ3v) is 3.86. The van der Waals surface area contributed by atoms with Crippen molar-refractivity contribution in [1.29, 1.82) is 0 Å². The summed E-state index contributed by atoms with van der Waals surface area (Å²) in [7, 11) is 1.90. The van der Waals surface area contributed by atoms with Crippen molar-refractivity contribution in [3.63, 3.8) is 0 Å². The molecule has 0 fully saturated rings. The van der Waals surface area contributed by atoms with E-state index in [0.29, 0.717) is 5.75 Å². The molecule has 0 unspecified atom stereocenters. The molecule has 2 heterocycles. The second-order valence-corrected chi connectivity index (χ2v) is 5.23. The standard InChI is InChI=1S/C12H16N4OS/c1-7-5-10(8(2)13-7)11(17)6-18-12-15-14-9(3)16(12)4/h5,13H,6H2,1-4H3. The molecule has 5 nitrogen and oxygen atoms in total. The zero-order chi connectivity index (χ0) is 13.3. The Hall–Kier alpha value is -1.56. The summed E-state index contributed by atoms with van der Waals surface area (Å²) in [6.07, 6.45) is 0. The van der Waals surface area contributed by atoms with E-state index in [-0.39, 0.29) is 5.78 Å². The van der Waals surface area contributed by atoms with Gasteiger partial charge in [-0.15, -0.1) is 10.2 Å². The van der Waals surface area contributed by atoms with Crippen LogP contribution in [0.15, 0.2) is 11.2 Å². The number of aromatic nitrogens is 4. The molecule has 0 amide bonds. The highest BCUT2D eigenvalue weighted by Gasteiger charge is 2.14. The summed E-state index contributed by atoms with van der Waals surface area (Å²) < 4.78 is 1.88. The lowest BCUT2D eigenvalue weighted by Gasteiger charge is -2.01. The van der Waals surface area contributed by atoms with Crippen molar-refractivity contribution in [2.45, 2.75) is 25.9 Å². The van der Waals surface area contributed by atoms with E-state index in [0.717, 1.165) is 27.9 Å². The van der Waals surface area contributed by atoms with Gasteiger partial charge in [0.05, 0.1) is 5.75 Å². The Kier molecular flexibility index (Phi) is 3.56. The molecule has 0 aliphatic heterocycles. The number of H-pyrrole nitrogens is 1. The molecule has 0 atom stereocenters. The van der Waals surface area contributed by atoms with Crippen LogP contribution >= 0.6 is 11.8 Å². The van der Waals surface area contributed by atoms with E-state index >= 15 is 0 Å². The lowest BCUT2D eigenvalue weighted by Crippen LogP contribution is -2.04. The van der Waals surface area contributed by atoms with E-state index in [1.165, 1.54) is 11.8 Å².